The van der Waals surface area contributed by atoms with Crippen molar-refractivity contribution in [3.05, 3.63) is 53.6 Å². The Hall–Kier alpha value is -3.10. The Balaban J connectivity index is 1.68. The van der Waals surface area contributed by atoms with Crippen molar-refractivity contribution in [2.24, 2.45) is 5.73 Å². The smallest absolute Gasteiger partial charge is 0.248 e. The highest BCUT2D eigenvalue weighted by Crippen LogP contribution is 2.33. The lowest BCUT2D eigenvalue weighted by atomic mass is 10.0. The van der Waals surface area contributed by atoms with Crippen molar-refractivity contribution in [1.29, 1.82) is 0 Å². The average Bonchev–Trinajstić information content (AvgIpc) is 3.17. The third kappa shape index (κ3) is 4.18. The predicted octanol–water partition coefficient (Wildman–Crippen LogP) is 1.35. The maximum absolute atomic E-state index is 12.5. The fourth-order valence-corrected chi connectivity index (χ4v) is 3.02. The second-order valence-corrected chi connectivity index (χ2v) is 6.17. The minimum atomic E-state index is -0.543. The molecule has 0 radical (unpaired) electrons. The summed E-state index contributed by atoms with van der Waals surface area (Å²) in [7, 11) is 3.19. The number of benzene rings is 2. The number of nitrogens with two attached hydrogens (primary N) is 1. The first-order valence-electron chi connectivity index (χ1n) is 8.45. The second-order valence-electron chi connectivity index (χ2n) is 6.17. The van der Waals surface area contributed by atoms with E-state index in [9.17, 15) is 9.59 Å². The van der Waals surface area contributed by atoms with Gasteiger partial charge in [0.2, 0.25) is 11.8 Å². The Kier molecular flexibility index (Phi) is 5.58. The van der Waals surface area contributed by atoms with Crippen LogP contribution in [0.15, 0.2) is 42.5 Å². The van der Waals surface area contributed by atoms with Crippen LogP contribution in [0.5, 0.6) is 11.5 Å². The van der Waals surface area contributed by atoms with Crippen LogP contribution >= 0.6 is 0 Å². The Morgan fingerprint density at radius 3 is 2.63 bits per heavy atom. The highest BCUT2D eigenvalue weighted by Gasteiger charge is 2.31. The van der Waals surface area contributed by atoms with Crippen LogP contribution in [0.4, 0.5) is 5.69 Å². The summed E-state index contributed by atoms with van der Waals surface area (Å²) >= 11 is 0. The Morgan fingerprint density at radius 1 is 1.11 bits per heavy atom. The molecule has 0 saturated carbocycles. The third-order valence-electron chi connectivity index (χ3n) is 4.45. The van der Waals surface area contributed by atoms with Crippen molar-refractivity contribution in [3.63, 3.8) is 0 Å². The van der Waals surface area contributed by atoms with Gasteiger partial charge < -0.3 is 20.5 Å². The van der Waals surface area contributed by atoms with Crippen LogP contribution in [-0.4, -0.2) is 32.1 Å². The van der Waals surface area contributed by atoms with Gasteiger partial charge in [0, 0.05) is 22.9 Å². The molecule has 1 fully saturated rings. The lowest BCUT2D eigenvalue weighted by molar-refractivity contribution is -0.117. The van der Waals surface area contributed by atoms with E-state index in [1.54, 1.807) is 44.6 Å². The molecule has 2 amide bonds. The summed E-state index contributed by atoms with van der Waals surface area (Å²) in [6.45, 7) is 0. The second kappa shape index (κ2) is 8.07. The molecular formula is C19H22N4O4. The summed E-state index contributed by atoms with van der Waals surface area (Å²) in [5.74, 6) is 0.631. The zero-order chi connectivity index (χ0) is 19.4. The number of primary amides is 1. The molecule has 0 aromatic heterocycles. The number of ether oxygens (including phenoxy) is 2. The highest BCUT2D eigenvalue weighted by atomic mass is 16.5. The standard InChI is InChI=1S/C19H22N4O4/c1-26-13-6-7-14(17(9-13)27-2)15-10-16(23-22-15)19(25)21-12-5-3-4-11(8-12)18(20)24/h3-9,15-16,22-23H,10H2,1-2H3,(H2,20,24)(H,21,25). The molecule has 5 N–H and O–H groups in total. The first-order valence-corrected chi connectivity index (χ1v) is 8.45. The number of hydrogen-bond acceptors (Lipinski definition) is 6. The van der Waals surface area contributed by atoms with E-state index in [0.29, 0.717) is 29.2 Å². The van der Waals surface area contributed by atoms with E-state index >= 15 is 0 Å². The molecule has 1 aliphatic rings. The zero-order valence-corrected chi connectivity index (χ0v) is 15.1. The van der Waals surface area contributed by atoms with Crippen LogP contribution < -0.4 is 31.4 Å². The Bertz CT molecular complexity index is 855. The topological polar surface area (TPSA) is 115 Å². The normalized spacial score (nSPS) is 18.7. The summed E-state index contributed by atoms with van der Waals surface area (Å²) in [6, 6.07) is 11.5. The lowest BCUT2D eigenvalue weighted by Crippen LogP contribution is -2.39. The van der Waals surface area contributed by atoms with Gasteiger partial charge in [0.25, 0.3) is 0 Å². The molecule has 2 aromatic carbocycles. The number of carbonyl (C=O) groups excluding carboxylic acids is 2. The summed E-state index contributed by atoms with van der Waals surface area (Å²) < 4.78 is 10.6. The number of carbonyl (C=O) groups is 2. The van der Waals surface area contributed by atoms with E-state index < -0.39 is 11.9 Å². The van der Waals surface area contributed by atoms with Gasteiger partial charge in [-0.2, -0.15) is 0 Å². The molecule has 142 valence electrons. The molecule has 0 bridgehead atoms. The van der Waals surface area contributed by atoms with Gasteiger partial charge in [-0.05, 0) is 30.7 Å². The fraction of sp³-hybridized carbons (Fsp3) is 0.263. The van der Waals surface area contributed by atoms with Crippen molar-refractivity contribution < 1.29 is 19.1 Å². The van der Waals surface area contributed by atoms with E-state index in [-0.39, 0.29) is 11.9 Å². The van der Waals surface area contributed by atoms with E-state index in [1.807, 2.05) is 12.1 Å². The van der Waals surface area contributed by atoms with Crippen LogP contribution in [0, 0.1) is 0 Å². The predicted molar refractivity (Wildman–Crippen MR) is 101 cm³/mol. The number of methoxy groups -OCH3 is 2. The minimum absolute atomic E-state index is 0.0986. The first-order chi connectivity index (χ1) is 13.0. The molecular weight excluding hydrogens is 348 g/mol. The first kappa shape index (κ1) is 18.7. The fourth-order valence-electron chi connectivity index (χ4n) is 3.02. The molecule has 27 heavy (non-hydrogen) atoms. The molecule has 0 spiro atoms. The van der Waals surface area contributed by atoms with Gasteiger partial charge in [0.05, 0.1) is 20.3 Å². The quantitative estimate of drug-likeness (QED) is 0.610. The lowest BCUT2D eigenvalue weighted by Gasteiger charge is -2.15. The molecule has 8 nitrogen and oxygen atoms in total. The Morgan fingerprint density at radius 2 is 1.93 bits per heavy atom. The number of hydrazine groups is 1. The van der Waals surface area contributed by atoms with Crippen molar-refractivity contribution in [3.8, 4) is 11.5 Å². The van der Waals surface area contributed by atoms with E-state index in [1.165, 1.54) is 0 Å². The van der Waals surface area contributed by atoms with Crippen molar-refractivity contribution in [2.75, 3.05) is 19.5 Å². The van der Waals surface area contributed by atoms with Crippen LogP contribution in [0.1, 0.15) is 28.4 Å². The van der Waals surface area contributed by atoms with Crippen molar-refractivity contribution in [1.82, 2.24) is 10.9 Å². The van der Waals surface area contributed by atoms with Gasteiger partial charge in [0.1, 0.15) is 17.5 Å². The monoisotopic (exact) mass is 370 g/mol. The van der Waals surface area contributed by atoms with E-state index in [0.717, 1.165) is 5.56 Å². The summed E-state index contributed by atoms with van der Waals surface area (Å²) in [6.07, 6.45) is 0.532. The molecule has 2 atom stereocenters. The van der Waals surface area contributed by atoms with Crippen molar-refractivity contribution in [2.45, 2.75) is 18.5 Å². The highest BCUT2D eigenvalue weighted by molar-refractivity contribution is 5.98. The number of amides is 2. The van der Waals surface area contributed by atoms with Gasteiger partial charge in [0.15, 0.2) is 0 Å². The SMILES string of the molecule is COc1ccc(C2CC(C(=O)Nc3cccc(C(N)=O)c3)NN2)c(OC)c1. The van der Waals surface area contributed by atoms with Crippen LogP contribution in [0.3, 0.4) is 0 Å². The minimum Gasteiger partial charge on any atom is -0.497 e. The number of hydrogen-bond donors (Lipinski definition) is 4. The zero-order valence-electron chi connectivity index (χ0n) is 15.1. The number of nitrogens with one attached hydrogen (secondary N) is 3. The molecule has 8 heteroatoms. The molecule has 2 unspecified atom stereocenters. The summed E-state index contributed by atoms with van der Waals surface area (Å²) in [5.41, 5.74) is 13.2. The molecule has 3 rings (SSSR count). The maximum Gasteiger partial charge on any atom is 0.248 e. The molecule has 1 aliphatic heterocycles. The van der Waals surface area contributed by atoms with Crippen molar-refractivity contribution >= 4 is 17.5 Å². The molecule has 0 aliphatic carbocycles. The average molecular weight is 370 g/mol. The van der Waals surface area contributed by atoms with Gasteiger partial charge >= 0.3 is 0 Å². The molecule has 1 heterocycles. The largest absolute Gasteiger partial charge is 0.497 e. The van der Waals surface area contributed by atoms with Crippen LogP contribution in [-0.2, 0) is 4.79 Å². The van der Waals surface area contributed by atoms with Gasteiger partial charge in [-0.1, -0.05) is 12.1 Å². The summed E-state index contributed by atoms with van der Waals surface area (Å²) in [4.78, 5) is 23.8. The van der Waals surface area contributed by atoms with E-state index in [4.69, 9.17) is 15.2 Å². The molecule has 2 aromatic rings. The maximum atomic E-state index is 12.5. The van der Waals surface area contributed by atoms with E-state index in [2.05, 4.69) is 16.2 Å². The van der Waals surface area contributed by atoms with Crippen LogP contribution in [0.25, 0.3) is 0 Å². The third-order valence-corrected chi connectivity index (χ3v) is 4.45. The number of rotatable bonds is 6. The van der Waals surface area contributed by atoms with Gasteiger partial charge in [-0.25, -0.2) is 10.9 Å². The molecule has 1 saturated heterocycles. The Labute approximate surface area is 157 Å². The van der Waals surface area contributed by atoms with Crippen LogP contribution in [0.2, 0.25) is 0 Å². The van der Waals surface area contributed by atoms with Gasteiger partial charge in [-0.15, -0.1) is 0 Å². The van der Waals surface area contributed by atoms with Gasteiger partial charge in [-0.3, -0.25) is 9.59 Å². The summed E-state index contributed by atoms with van der Waals surface area (Å²) in [5, 5.41) is 2.80. The number of anilines is 1.